The molecule has 18 heavy (non-hydrogen) atoms. The van der Waals surface area contributed by atoms with Crippen molar-refractivity contribution in [1.29, 1.82) is 0 Å². The summed E-state index contributed by atoms with van der Waals surface area (Å²) in [5.41, 5.74) is 0.584. The Bertz CT molecular complexity index is 556. The zero-order chi connectivity index (χ0) is 12.6. The summed E-state index contributed by atoms with van der Waals surface area (Å²) in [6.45, 7) is 0. The van der Waals surface area contributed by atoms with Gasteiger partial charge in [-0.25, -0.2) is 4.39 Å². The van der Waals surface area contributed by atoms with Crippen molar-refractivity contribution in [2.24, 2.45) is 0 Å². The predicted octanol–water partition coefficient (Wildman–Crippen LogP) is 2.84. The Labute approximate surface area is 104 Å². The van der Waals surface area contributed by atoms with Gasteiger partial charge >= 0.3 is 0 Å². The molecule has 0 aliphatic heterocycles. The summed E-state index contributed by atoms with van der Waals surface area (Å²) in [5.74, 6) is -0.211. The van der Waals surface area contributed by atoms with Gasteiger partial charge in [0.1, 0.15) is 5.82 Å². The molecule has 1 saturated carbocycles. The third-order valence-corrected chi connectivity index (χ3v) is 3.24. The lowest BCUT2D eigenvalue weighted by molar-refractivity contribution is 0.0902. The minimum atomic E-state index is -0.350. The maximum absolute atomic E-state index is 12.9. The van der Waals surface area contributed by atoms with E-state index in [0.29, 0.717) is 5.76 Å². The molecule has 0 unspecified atom stereocenters. The summed E-state index contributed by atoms with van der Waals surface area (Å²) in [7, 11) is 0. The van der Waals surface area contributed by atoms with Crippen LogP contribution in [0, 0.1) is 5.82 Å². The highest BCUT2D eigenvalue weighted by molar-refractivity contribution is 5.92. The number of benzene rings is 1. The highest BCUT2D eigenvalue weighted by Crippen LogP contribution is 2.45. The van der Waals surface area contributed by atoms with E-state index in [-0.39, 0.29) is 17.3 Å². The van der Waals surface area contributed by atoms with Crippen molar-refractivity contribution < 1.29 is 13.6 Å². The van der Waals surface area contributed by atoms with Crippen LogP contribution in [0.25, 0.3) is 0 Å². The van der Waals surface area contributed by atoms with Gasteiger partial charge < -0.3 is 9.73 Å². The Balaban J connectivity index is 1.80. The molecule has 3 nitrogen and oxygen atoms in total. The molecule has 1 N–H and O–H groups in total. The third-order valence-electron chi connectivity index (χ3n) is 3.24. The van der Waals surface area contributed by atoms with E-state index in [0.717, 1.165) is 18.4 Å². The van der Waals surface area contributed by atoms with E-state index in [9.17, 15) is 9.18 Å². The summed E-state index contributed by atoms with van der Waals surface area (Å²) in [4.78, 5) is 11.9. The number of halogens is 1. The van der Waals surface area contributed by atoms with Crippen LogP contribution in [0.15, 0.2) is 47.1 Å². The molecule has 2 aromatic rings. The van der Waals surface area contributed by atoms with E-state index in [1.165, 1.54) is 18.4 Å². The smallest absolute Gasteiger partial charge is 0.287 e. The summed E-state index contributed by atoms with van der Waals surface area (Å²) in [5, 5.41) is 2.95. The lowest BCUT2D eigenvalue weighted by Crippen LogP contribution is -2.34. The number of hydrogen-bond acceptors (Lipinski definition) is 2. The van der Waals surface area contributed by atoms with Crippen molar-refractivity contribution in [3.8, 4) is 0 Å². The first kappa shape index (κ1) is 11.0. The van der Waals surface area contributed by atoms with Crippen LogP contribution in [0.2, 0.25) is 0 Å². The van der Waals surface area contributed by atoms with Crippen LogP contribution in [0.5, 0.6) is 0 Å². The topological polar surface area (TPSA) is 42.2 Å². The molecule has 1 aromatic carbocycles. The largest absolute Gasteiger partial charge is 0.459 e. The Kier molecular flexibility index (Phi) is 2.44. The molecular weight excluding hydrogens is 233 g/mol. The summed E-state index contributed by atoms with van der Waals surface area (Å²) >= 11 is 0. The van der Waals surface area contributed by atoms with Crippen LogP contribution < -0.4 is 5.32 Å². The first-order chi connectivity index (χ1) is 8.70. The number of furan rings is 1. The van der Waals surface area contributed by atoms with Gasteiger partial charge in [0.25, 0.3) is 5.91 Å². The fourth-order valence-electron chi connectivity index (χ4n) is 2.07. The second-order valence-corrected chi connectivity index (χ2v) is 4.52. The van der Waals surface area contributed by atoms with E-state index >= 15 is 0 Å². The van der Waals surface area contributed by atoms with Crippen molar-refractivity contribution >= 4 is 5.91 Å². The molecule has 1 aliphatic carbocycles. The molecule has 0 atom stereocenters. The molecule has 4 heteroatoms. The summed E-state index contributed by atoms with van der Waals surface area (Å²) in [6.07, 6.45) is 3.20. The standard InChI is InChI=1S/C14H12FNO2/c15-11-5-3-10(4-6-11)14(7-8-14)16-13(17)12-2-1-9-18-12/h1-6,9H,7-8H2,(H,16,17). The van der Waals surface area contributed by atoms with Gasteiger partial charge in [0.2, 0.25) is 0 Å². The fraction of sp³-hybridized carbons (Fsp3) is 0.214. The maximum Gasteiger partial charge on any atom is 0.287 e. The first-order valence-electron chi connectivity index (χ1n) is 5.82. The highest BCUT2D eigenvalue weighted by Gasteiger charge is 2.46. The van der Waals surface area contributed by atoms with Crippen molar-refractivity contribution in [3.63, 3.8) is 0 Å². The Morgan fingerprint density at radius 2 is 1.94 bits per heavy atom. The van der Waals surface area contributed by atoms with Crippen LogP contribution in [-0.4, -0.2) is 5.91 Å². The van der Waals surface area contributed by atoms with Crippen LogP contribution in [0.4, 0.5) is 4.39 Å². The zero-order valence-corrected chi connectivity index (χ0v) is 9.65. The Morgan fingerprint density at radius 3 is 2.50 bits per heavy atom. The van der Waals surface area contributed by atoms with E-state index in [2.05, 4.69) is 5.32 Å². The molecule has 0 bridgehead atoms. The molecule has 0 radical (unpaired) electrons. The van der Waals surface area contributed by atoms with Gasteiger partial charge in [-0.2, -0.15) is 0 Å². The molecule has 1 fully saturated rings. The van der Waals surface area contributed by atoms with Crippen LogP contribution in [0.3, 0.4) is 0 Å². The van der Waals surface area contributed by atoms with Crippen molar-refractivity contribution in [3.05, 3.63) is 59.8 Å². The Hall–Kier alpha value is -2.10. The van der Waals surface area contributed by atoms with Crippen LogP contribution >= 0.6 is 0 Å². The predicted molar refractivity (Wildman–Crippen MR) is 63.5 cm³/mol. The van der Waals surface area contributed by atoms with Gasteiger partial charge in [-0.1, -0.05) is 12.1 Å². The normalized spacial score (nSPS) is 16.3. The monoisotopic (exact) mass is 245 g/mol. The molecular formula is C14H12FNO2. The number of rotatable bonds is 3. The lowest BCUT2D eigenvalue weighted by Gasteiger charge is -2.17. The lowest BCUT2D eigenvalue weighted by atomic mass is 10.0. The third kappa shape index (κ3) is 1.90. The minimum Gasteiger partial charge on any atom is -0.459 e. The van der Waals surface area contributed by atoms with E-state index < -0.39 is 0 Å². The quantitative estimate of drug-likeness (QED) is 0.903. The average Bonchev–Trinajstić information content (AvgIpc) is 2.94. The highest BCUT2D eigenvalue weighted by atomic mass is 19.1. The Morgan fingerprint density at radius 1 is 1.22 bits per heavy atom. The van der Waals surface area contributed by atoms with Crippen molar-refractivity contribution in [1.82, 2.24) is 5.32 Å². The van der Waals surface area contributed by atoms with Gasteiger partial charge in [-0.3, -0.25) is 4.79 Å². The molecule has 3 rings (SSSR count). The SMILES string of the molecule is O=C(NC1(c2ccc(F)cc2)CC1)c1ccco1. The number of nitrogens with one attached hydrogen (secondary N) is 1. The minimum absolute atomic E-state index is 0.234. The second kappa shape index (κ2) is 3.98. The maximum atomic E-state index is 12.9. The van der Waals surface area contributed by atoms with E-state index in [4.69, 9.17) is 4.42 Å². The molecule has 1 heterocycles. The van der Waals surface area contributed by atoms with Gasteiger partial charge in [0.05, 0.1) is 11.8 Å². The van der Waals surface area contributed by atoms with Crippen LogP contribution in [-0.2, 0) is 5.54 Å². The van der Waals surface area contributed by atoms with E-state index in [1.807, 2.05) is 0 Å². The summed E-state index contributed by atoms with van der Waals surface area (Å²) in [6, 6.07) is 9.54. The zero-order valence-electron chi connectivity index (χ0n) is 9.65. The van der Waals surface area contributed by atoms with Gasteiger partial charge in [0.15, 0.2) is 5.76 Å². The molecule has 1 aromatic heterocycles. The first-order valence-corrected chi connectivity index (χ1v) is 5.82. The van der Waals surface area contributed by atoms with Crippen molar-refractivity contribution in [2.45, 2.75) is 18.4 Å². The average molecular weight is 245 g/mol. The fourth-order valence-corrected chi connectivity index (χ4v) is 2.07. The molecule has 92 valence electrons. The number of carbonyl (C=O) groups is 1. The molecule has 0 saturated heterocycles. The van der Waals surface area contributed by atoms with Crippen LogP contribution in [0.1, 0.15) is 29.0 Å². The number of hydrogen-bond donors (Lipinski definition) is 1. The second-order valence-electron chi connectivity index (χ2n) is 4.52. The number of amides is 1. The van der Waals surface area contributed by atoms with Gasteiger partial charge in [-0.15, -0.1) is 0 Å². The van der Waals surface area contributed by atoms with Crippen molar-refractivity contribution in [2.75, 3.05) is 0 Å². The molecule has 0 spiro atoms. The molecule has 1 aliphatic rings. The van der Waals surface area contributed by atoms with E-state index in [1.54, 1.807) is 24.3 Å². The van der Waals surface area contributed by atoms with Gasteiger partial charge in [-0.05, 0) is 42.7 Å². The van der Waals surface area contributed by atoms with Gasteiger partial charge in [0, 0.05) is 0 Å². The molecule has 1 amide bonds. The number of carbonyl (C=O) groups excluding carboxylic acids is 1. The summed E-state index contributed by atoms with van der Waals surface area (Å²) < 4.78 is 17.9.